The van der Waals surface area contributed by atoms with Gasteiger partial charge in [0.1, 0.15) is 24.7 Å². The van der Waals surface area contributed by atoms with Gasteiger partial charge in [-0.2, -0.15) is 5.10 Å². The largest absolute Gasteiger partial charge is 0.497 e. The van der Waals surface area contributed by atoms with Crippen LogP contribution in [-0.4, -0.2) is 39.1 Å². The first-order chi connectivity index (χ1) is 20.6. The van der Waals surface area contributed by atoms with Crippen molar-refractivity contribution in [3.8, 4) is 11.5 Å². The Morgan fingerprint density at radius 3 is 2.37 bits per heavy atom. The van der Waals surface area contributed by atoms with Crippen LogP contribution in [0, 0.1) is 17.0 Å². The van der Waals surface area contributed by atoms with Crippen LogP contribution in [0.1, 0.15) is 16.7 Å². The topological polar surface area (TPSA) is 140 Å². The number of anilines is 1. The van der Waals surface area contributed by atoms with E-state index in [1.165, 1.54) is 56.6 Å². The highest BCUT2D eigenvalue weighted by Crippen LogP contribution is 2.29. The second kappa shape index (κ2) is 13.8. The molecule has 222 valence electrons. The molecule has 4 rings (SSSR count). The van der Waals surface area contributed by atoms with Gasteiger partial charge in [0.05, 0.1) is 28.8 Å². The molecule has 0 atom stereocenters. The predicted molar refractivity (Wildman–Crippen MR) is 163 cm³/mol. The van der Waals surface area contributed by atoms with Gasteiger partial charge in [-0.3, -0.25) is 19.2 Å². The lowest BCUT2D eigenvalue weighted by molar-refractivity contribution is -0.385. The number of nitrogens with zero attached hydrogens (tertiary/aromatic N) is 3. The predicted octanol–water partition coefficient (Wildman–Crippen LogP) is 5.49. The van der Waals surface area contributed by atoms with Gasteiger partial charge in [0, 0.05) is 16.7 Å². The highest BCUT2D eigenvalue weighted by Gasteiger charge is 2.29. The van der Waals surface area contributed by atoms with Gasteiger partial charge in [-0.1, -0.05) is 29.8 Å². The van der Waals surface area contributed by atoms with Gasteiger partial charge < -0.3 is 9.47 Å². The summed E-state index contributed by atoms with van der Waals surface area (Å²) >= 11 is 6.00. The standard InChI is InChI=1S/C30H27ClN4O7S/c1-21-6-15-28(17-29(21)35(37)38)43(39,40)34(25-9-13-26(41-2)14-10-25)19-30(36)33-32-18-22-7-11-27(12-8-22)42-20-23-4-3-5-24(31)16-23/h3-18H,19-20H2,1-2H3,(H,33,36)/b32-18-. The van der Waals surface area contributed by atoms with E-state index in [1.54, 1.807) is 30.3 Å². The fourth-order valence-electron chi connectivity index (χ4n) is 3.93. The lowest BCUT2D eigenvalue weighted by Crippen LogP contribution is -2.39. The smallest absolute Gasteiger partial charge is 0.273 e. The number of sulfonamides is 1. The quantitative estimate of drug-likeness (QED) is 0.125. The number of hydrogen-bond donors (Lipinski definition) is 1. The summed E-state index contributed by atoms with van der Waals surface area (Å²) in [5.74, 6) is 0.360. The Balaban J connectivity index is 1.46. The third-order valence-electron chi connectivity index (χ3n) is 6.19. The molecule has 0 unspecified atom stereocenters. The monoisotopic (exact) mass is 622 g/mol. The van der Waals surface area contributed by atoms with Crippen molar-refractivity contribution in [3.05, 3.63) is 123 Å². The average Bonchev–Trinajstić information content (AvgIpc) is 2.99. The average molecular weight is 623 g/mol. The number of amides is 1. The molecule has 0 aliphatic rings. The molecule has 13 heteroatoms. The van der Waals surface area contributed by atoms with E-state index in [0.717, 1.165) is 15.9 Å². The Hall–Kier alpha value is -4.94. The Morgan fingerprint density at radius 2 is 1.72 bits per heavy atom. The SMILES string of the molecule is COc1ccc(N(CC(=O)N/N=C\c2ccc(OCc3cccc(Cl)c3)cc2)S(=O)(=O)c2ccc(C)c([N+](=O)[O-])c2)cc1. The summed E-state index contributed by atoms with van der Waals surface area (Å²) in [5.41, 5.74) is 4.00. The van der Waals surface area contributed by atoms with Crippen molar-refractivity contribution in [3.63, 3.8) is 0 Å². The van der Waals surface area contributed by atoms with Crippen molar-refractivity contribution < 1.29 is 27.6 Å². The molecule has 1 amide bonds. The maximum Gasteiger partial charge on any atom is 0.273 e. The van der Waals surface area contributed by atoms with Crippen LogP contribution in [0.4, 0.5) is 11.4 Å². The number of halogens is 1. The van der Waals surface area contributed by atoms with Crippen LogP contribution < -0.4 is 19.2 Å². The molecule has 0 saturated carbocycles. The van der Waals surface area contributed by atoms with Crippen LogP contribution in [0.25, 0.3) is 0 Å². The number of carbonyl (C=O) groups excluding carboxylic acids is 1. The molecule has 0 fully saturated rings. The van der Waals surface area contributed by atoms with Gasteiger partial charge in [-0.25, -0.2) is 13.8 Å². The fraction of sp³-hybridized carbons (Fsp3) is 0.133. The molecule has 1 N–H and O–H groups in total. The van der Waals surface area contributed by atoms with Gasteiger partial charge in [0.15, 0.2) is 0 Å². The molecule has 0 saturated heterocycles. The van der Waals surface area contributed by atoms with Crippen LogP contribution in [0.3, 0.4) is 0 Å². The van der Waals surface area contributed by atoms with Crippen LogP contribution in [-0.2, 0) is 21.4 Å². The first-order valence-electron chi connectivity index (χ1n) is 12.8. The third kappa shape index (κ3) is 8.09. The van der Waals surface area contributed by atoms with Crippen molar-refractivity contribution in [2.45, 2.75) is 18.4 Å². The van der Waals surface area contributed by atoms with E-state index in [9.17, 15) is 23.3 Å². The molecule has 11 nitrogen and oxygen atoms in total. The lowest BCUT2D eigenvalue weighted by atomic mass is 10.2. The number of nitro benzene ring substituents is 1. The Morgan fingerprint density at radius 1 is 1.02 bits per heavy atom. The van der Waals surface area contributed by atoms with Crippen molar-refractivity contribution in [1.29, 1.82) is 0 Å². The highest BCUT2D eigenvalue weighted by atomic mass is 35.5. The molecule has 0 bridgehead atoms. The summed E-state index contributed by atoms with van der Waals surface area (Å²) in [4.78, 5) is 23.3. The summed E-state index contributed by atoms with van der Waals surface area (Å²) in [7, 11) is -2.94. The van der Waals surface area contributed by atoms with E-state index < -0.39 is 27.4 Å². The number of nitrogens with one attached hydrogen (secondary N) is 1. The number of hydrogen-bond acceptors (Lipinski definition) is 8. The second-order valence-corrected chi connectivity index (χ2v) is 11.5. The Bertz CT molecular complexity index is 1750. The summed E-state index contributed by atoms with van der Waals surface area (Å²) in [6.07, 6.45) is 1.40. The molecule has 0 aliphatic heterocycles. The maximum atomic E-state index is 13.6. The van der Waals surface area contributed by atoms with E-state index in [2.05, 4.69) is 10.5 Å². The van der Waals surface area contributed by atoms with Crippen LogP contribution in [0.15, 0.2) is 101 Å². The van der Waals surface area contributed by atoms with E-state index >= 15 is 0 Å². The van der Waals surface area contributed by atoms with E-state index in [0.29, 0.717) is 34.3 Å². The van der Waals surface area contributed by atoms with Gasteiger partial charge in [-0.15, -0.1) is 0 Å². The molecule has 4 aromatic carbocycles. The molecule has 0 spiro atoms. The molecule has 4 aromatic rings. The van der Waals surface area contributed by atoms with Crippen LogP contribution in [0.2, 0.25) is 5.02 Å². The molecule has 0 heterocycles. The van der Waals surface area contributed by atoms with E-state index in [-0.39, 0.29) is 16.3 Å². The Labute approximate surface area is 253 Å². The molecular weight excluding hydrogens is 596 g/mol. The maximum absolute atomic E-state index is 13.6. The summed E-state index contributed by atoms with van der Waals surface area (Å²) in [6.45, 7) is 1.19. The van der Waals surface area contributed by atoms with Crippen LogP contribution >= 0.6 is 11.6 Å². The van der Waals surface area contributed by atoms with E-state index in [1.807, 2.05) is 18.2 Å². The third-order valence-corrected chi connectivity index (χ3v) is 8.20. The number of hydrazone groups is 1. The minimum Gasteiger partial charge on any atom is -0.497 e. The van der Waals surface area contributed by atoms with Crippen molar-refractivity contribution in [1.82, 2.24) is 5.43 Å². The zero-order valence-corrected chi connectivity index (χ0v) is 24.7. The molecular formula is C30H27ClN4O7S. The summed E-state index contributed by atoms with van der Waals surface area (Å²) in [5, 5.41) is 16.0. The zero-order valence-electron chi connectivity index (χ0n) is 23.1. The highest BCUT2D eigenvalue weighted by molar-refractivity contribution is 7.92. The van der Waals surface area contributed by atoms with Crippen molar-refractivity contribution in [2.24, 2.45) is 5.10 Å². The van der Waals surface area contributed by atoms with Gasteiger partial charge in [-0.05, 0) is 84.8 Å². The number of aryl methyl sites for hydroxylation is 1. The van der Waals surface area contributed by atoms with Crippen molar-refractivity contribution in [2.75, 3.05) is 18.0 Å². The minimum absolute atomic E-state index is 0.150. The zero-order chi connectivity index (χ0) is 31.0. The molecule has 0 radical (unpaired) electrons. The molecule has 0 aromatic heterocycles. The number of carbonyl (C=O) groups is 1. The lowest BCUT2D eigenvalue weighted by Gasteiger charge is -2.24. The molecule has 0 aliphatic carbocycles. The normalized spacial score (nSPS) is 11.2. The Kier molecular flexibility index (Phi) is 9.96. The van der Waals surface area contributed by atoms with Crippen molar-refractivity contribution >= 4 is 45.1 Å². The van der Waals surface area contributed by atoms with Gasteiger partial charge in [0.2, 0.25) is 0 Å². The summed E-state index contributed by atoms with van der Waals surface area (Å²) in [6, 6.07) is 23.9. The summed E-state index contributed by atoms with van der Waals surface area (Å²) < 4.78 is 39.0. The van der Waals surface area contributed by atoms with Gasteiger partial charge >= 0.3 is 0 Å². The first kappa shape index (κ1) is 31.0. The second-order valence-electron chi connectivity index (χ2n) is 9.20. The first-order valence-corrected chi connectivity index (χ1v) is 14.6. The number of benzene rings is 4. The number of rotatable bonds is 12. The number of ether oxygens (including phenoxy) is 2. The van der Waals surface area contributed by atoms with Gasteiger partial charge in [0.25, 0.3) is 21.6 Å². The van der Waals surface area contributed by atoms with Crippen LogP contribution in [0.5, 0.6) is 11.5 Å². The fourth-order valence-corrected chi connectivity index (χ4v) is 5.58. The molecule has 43 heavy (non-hydrogen) atoms. The minimum atomic E-state index is -4.40. The van der Waals surface area contributed by atoms with E-state index in [4.69, 9.17) is 21.1 Å². The number of nitro groups is 1. The number of methoxy groups -OCH3 is 1.